The van der Waals surface area contributed by atoms with Crippen LogP contribution in [-0.4, -0.2) is 38.5 Å². The van der Waals surface area contributed by atoms with E-state index < -0.39 is 0 Å². The van der Waals surface area contributed by atoms with Crippen molar-refractivity contribution >= 4 is 29.9 Å². The fourth-order valence-corrected chi connectivity index (χ4v) is 3.57. The summed E-state index contributed by atoms with van der Waals surface area (Å²) in [5, 5.41) is 25.6. The van der Waals surface area contributed by atoms with Gasteiger partial charge in [0.15, 0.2) is 11.8 Å². The molecule has 1 aliphatic carbocycles. The maximum Gasteiger partial charge on any atom is 0.191 e. The predicted molar refractivity (Wildman–Crippen MR) is 126 cm³/mol. The van der Waals surface area contributed by atoms with E-state index in [-0.39, 0.29) is 35.5 Å². The number of aromatic nitrogens is 3. The van der Waals surface area contributed by atoms with E-state index in [1.807, 2.05) is 36.7 Å². The fourth-order valence-electron chi connectivity index (χ4n) is 3.57. The first-order chi connectivity index (χ1) is 13.5. The van der Waals surface area contributed by atoms with Crippen molar-refractivity contribution < 1.29 is 5.11 Å². The Morgan fingerprint density at radius 3 is 2.66 bits per heavy atom. The van der Waals surface area contributed by atoms with Crippen molar-refractivity contribution in [3.8, 4) is 0 Å². The Morgan fingerprint density at radius 2 is 2.00 bits per heavy atom. The quantitative estimate of drug-likeness (QED) is 0.315. The first-order valence-electron chi connectivity index (χ1n) is 10.1. The number of benzene rings is 1. The zero-order valence-electron chi connectivity index (χ0n) is 17.6. The van der Waals surface area contributed by atoms with E-state index in [0.717, 1.165) is 48.9 Å². The van der Waals surface area contributed by atoms with Gasteiger partial charge in [-0.1, -0.05) is 50.1 Å². The second-order valence-electron chi connectivity index (χ2n) is 8.00. The highest BCUT2D eigenvalue weighted by atomic mass is 127. The molecule has 2 unspecified atom stereocenters. The van der Waals surface area contributed by atoms with E-state index in [0.29, 0.717) is 19.6 Å². The Bertz CT molecular complexity index is 794. The minimum atomic E-state index is -0.273. The van der Waals surface area contributed by atoms with Gasteiger partial charge >= 0.3 is 0 Å². The highest BCUT2D eigenvalue weighted by molar-refractivity contribution is 14.0. The van der Waals surface area contributed by atoms with Crippen molar-refractivity contribution in [3.63, 3.8) is 0 Å². The average Bonchev–Trinajstić information content (AvgIpc) is 3.03. The smallest absolute Gasteiger partial charge is 0.191 e. The number of hydrogen-bond acceptors (Lipinski definition) is 4. The van der Waals surface area contributed by atoms with Crippen molar-refractivity contribution in [3.05, 3.63) is 47.5 Å². The molecule has 0 radical (unpaired) electrons. The Balaban J connectivity index is 0.00000300. The molecule has 0 spiro atoms. The van der Waals surface area contributed by atoms with Gasteiger partial charge in [-0.15, -0.1) is 34.2 Å². The number of aliphatic hydroxyl groups excluding tert-OH is 1. The van der Waals surface area contributed by atoms with Gasteiger partial charge in [0.05, 0.1) is 19.2 Å². The lowest BCUT2D eigenvalue weighted by Gasteiger charge is -2.38. The summed E-state index contributed by atoms with van der Waals surface area (Å²) >= 11 is 0. The summed E-state index contributed by atoms with van der Waals surface area (Å²) in [7, 11) is 1.96. The van der Waals surface area contributed by atoms with Crippen LogP contribution in [0.1, 0.15) is 49.8 Å². The molecule has 2 atom stereocenters. The molecular formula is C21H33IN6O. The zero-order chi connectivity index (χ0) is 20.0. The highest BCUT2D eigenvalue weighted by Crippen LogP contribution is 2.35. The first kappa shape index (κ1) is 23.6. The molecular weight excluding hydrogens is 479 g/mol. The molecule has 3 rings (SSSR count). The maximum atomic E-state index is 10.5. The number of aryl methyl sites for hydroxylation is 1. The summed E-state index contributed by atoms with van der Waals surface area (Å²) in [6, 6.07) is 10.2. The highest BCUT2D eigenvalue weighted by Gasteiger charge is 2.35. The van der Waals surface area contributed by atoms with Gasteiger partial charge in [-0.3, -0.25) is 0 Å². The first-order valence-corrected chi connectivity index (χ1v) is 10.1. The van der Waals surface area contributed by atoms with Crippen LogP contribution in [0.2, 0.25) is 0 Å². The minimum absolute atomic E-state index is 0. The molecule has 0 bridgehead atoms. The summed E-state index contributed by atoms with van der Waals surface area (Å²) in [4.78, 5) is 4.74. The van der Waals surface area contributed by atoms with Gasteiger partial charge in [0.25, 0.3) is 0 Å². The molecule has 3 N–H and O–H groups in total. The Labute approximate surface area is 190 Å². The number of nitrogens with one attached hydrogen (secondary N) is 2. The summed E-state index contributed by atoms with van der Waals surface area (Å²) in [5.41, 5.74) is 1.02. The molecule has 1 aliphatic rings. The molecule has 0 saturated heterocycles. The van der Waals surface area contributed by atoms with Crippen LogP contribution in [-0.2, 0) is 20.1 Å². The molecule has 160 valence electrons. The van der Waals surface area contributed by atoms with Crippen molar-refractivity contribution in [2.75, 3.05) is 6.54 Å². The van der Waals surface area contributed by atoms with E-state index >= 15 is 0 Å². The number of aliphatic imine (C=N–C) groups is 1. The lowest BCUT2D eigenvalue weighted by Crippen LogP contribution is -2.48. The molecule has 0 amide bonds. The van der Waals surface area contributed by atoms with Crippen molar-refractivity contribution in [1.82, 2.24) is 25.4 Å². The Kier molecular flexibility index (Phi) is 8.88. The van der Waals surface area contributed by atoms with E-state index in [1.54, 1.807) is 0 Å². The normalized spacial score (nSPS) is 22.1. The van der Waals surface area contributed by atoms with Crippen LogP contribution >= 0.6 is 24.0 Å². The van der Waals surface area contributed by atoms with Crippen LogP contribution in [0.15, 0.2) is 35.3 Å². The van der Waals surface area contributed by atoms with E-state index in [4.69, 9.17) is 4.99 Å². The Morgan fingerprint density at radius 1 is 1.24 bits per heavy atom. The summed E-state index contributed by atoms with van der Waals surface area (Å²) in [6.45, 7) is 5.91. The largest absolute Gasteiger partial charge is 0.392 e. The van der Waals surface area contributed by atoms with Gasteiger partial charge in [0.2, 0.25) is 0 Å². The molecule has 1 aromatic heterocycles. The lowest BCUT2D eigenvalue weighted by atomic mass is 9.73. The number of nitrogens with zero attached hydrogens (tertiary/aromatic N) is 4. The molecule has 8 heteroatoms. The van der Waals surface area contributed by atoms with E-state index in [2.05, 4.69) is 39.9 Å². The van der Waals surface area contributed by atoms with Crippen LogP contribution in [0.4, 0.5) is 0 Å². The summed E-state index contributed by atoms with van der Waals surface area (Å²) in [5.74, 6) is 2.46. The second kappa shape index (κ2) is 10.9. The van der Waals surface area contributed by atoms with Gasteiger partial charge in [-0.25, -0.2) is 4.99 Å². The van der Waals surface area contributed by atoms with Crippen LogP contribution in [0.25, 0.3) is 0 Å². The topological polar surface area (TPSA) is 87.4 Å². The number of guanidine groups is 1. The van der Waals surface area contributed by atoms with E-state index in [9.17, 15) is 5.11 Å². The molecule has 7 nitrogen and oxygen atoms in total. The molecule has 1 saturated carbocycles. The monoisotopic (exact) mass is 512 g/mol. The molecule has 29 heavy (non-hydrogen) atoms. The van der Waals surface area contributed by atoms with Crippen molar-refractivity contribution in [1.29, 1.82) is 0 Å². The number of halogens is 1. The molecule has 2 aromatic rings. The third-order valence-corrected chi connectivity index (χ3v) is 5.80. The number of rotatable bonds is 6. The van der Waals surface area contributed by atoms with Gasteiger partial charge in [-0.05, 0) is 25.3 Å². The van der Waals surface area contributed by atoms with Gasteiger partial charge in [0.1, 0.15) is 5.82 Å². The van der Waals surface area contributed by atoms with Crippen molar-refractivity contribution in [2.45, 2.75) is 58.7 Å². The van der Waals surface area contributed by atoms with Gasteiger partial charge < -0.3 is 20.3 Å². The maximum absolute atomic E-state index is 10.5. The van der Waals surface area contributed by atoms with Crippen LogP contribution in [0, 0.1) is 12.3 Å². The van der Waals surface area contributed by atoms with E-state index in [1.165, 1.54) is 0 Å². The summed E-state index contributed by atoms with van der Waals surface area (Å²) in [6.07, 6.45) is 3.90. The molecule has 0 aliphatic heterocycles. The minimum Gasteiger partial charge on any atom is -0.392 e. The molecule has 1 heterocycles. The van der Waals surface area contributed by atoms with Crippen molar-refractivity contribution in [2.24, 2.45) is 17.5 Å². The molecule has 1 fully saturated rings. The third-order valence-electron chi connectivity index (χ3n) is 5.80. The van der Waals surface area contributed by atoms with Crippen LogP contribution < -0.4 is 10.6 Å². The zero-order valence-corrected chi connectivity index (χ0v) is 19.9. The SMILES string of the molecule is Cc1nnc(CNC(=NCc2ccccc2)NCC2(C)CCCCC2O)n1C.I. The summed E-state index contributed by atoms with van der Waals surface area (Å²) < 4.78 is 1.97. The predicted octanol–water partition coefficient (Wildman–Crippen LogP) is 2.92. The molecule has 1 aromatic carbocycles. The lowest BCUT2D eigenvalue weighted by molar-refractivity contribution is 0.00396. The van der Waals surface area contributed by atoms with Crippen LogP contribution in [0.5, 0.6) is 0 Å². The van der Waals surface area contributed by atoms with Gasteiger partial charge in [-0.2, -0.15) is 0 Å². The number of hydrogen-bond donors (Lipinski definition) is 3. The Hall–Kier alpha value is -1.68. The standard InChI is InChI=1S/C21H32N6O.HI/c1-16-25-26-19(27(16)3)14-23-20(22-13-17-9-5-4-6-10-17)24-15-21(2)12-8-7-11-18(21)28;/h4-6,9-10,18,28H,7-8,11-15H2,1-3H3,(H2,22,23,24);1H. The van der Waals surface area contributed by atoms with Gasteiger partial charge in [0, 0.05) is 19.0 Å². The second-order valence-corrected chi connectivity index (χ2v) is 8.00. The third kappa shape index (κ3) is 6.40. The number of aliphatic hydroxyl groups is 1. The average molecular weight is 512 g/mol. The van der Waals surface area contributed by atoms with Crippen LogP contribution in [0.3, 0.4) is 0 Å². The fraction of sp³-hybridized carbons (Fsp3) is 0.571.